The first kappa shape index (κ1) is 11.1. The number of ether oxygens (including phenoxy) is 1. The lowest BCUT2D eigenvalue weighted by molar-refractivity contribution is 0.401. The third-order valence-corrected chi connectivity index (χ3v) is 2.86. The van der Waals surface area contributed by atoms with Gasteiger partial charge in [0.25, 0.3) is 0 Å². The van der Waals surface area contributed by atoms with E-state index >= 15 is 0 Å². The predicted molar refractivity (Wildman–Crippen MR) is 61.1 cm³/mol. The van der Waals surface area contributed by atoms with Crippen molar-refractivity contribution in [3.8, 4) is 5.75 Å². The van der Waals surface area contributed by atoms with E-state index in [4.69, 9.17) is 4.74 Å². The average Bonchev–Trinajstić information content (AvgIpc) is 2.26. The van der Waals surface area contributed by atoms with Crippen molar-refractivity contribution in [2.75, 3.05) is 7.11 Å². The maximum absolute atomic E-state index is 5.49. The van der Waals surface area contributed by atoms with Crippen LogP contribution >= 0.6 is 0 Å². The summed E-state index contributed by atoms with van der Waals surface area (Å²) < 4.78 is 5.49. The summed E-state index contributed by atoms with van der Waals surface area (Å²) in [6.45, 7) is 6.62. The van der Waals surface area contributed by atoms with Crippen molar-refractivity contribution in [1.82, 2.24) is 0 Å². The molecule has 0 spiro atoms. The minimum atomic E-state index is 0.580. The fraction of sp³-hybridized carbons (Fsp3) is 0.538. The number of hydrogen-bond acceptors (Lipinski definition) is 1. The monoisotopic (exact) mass is 192 g/mol. The lowest BCUT2D eigenvalue weighted by Crippen LogP contribution is -1.99. The molecule has 1 heteroatoms. The highest BCUT2D eigenvalue weighted by atomic mass is 16.5. The standard InChI is InChI=1S/C13H20O/c1-5-10(3)12-9-7-8-11(6-2)13(12)14-4/h7-10H,5-6H2,1-4H3. The van der Waals surface area contributed by atoms with E-state index in [0.29, 0.717) is 5.92 Å². The lowest BCUT2D eigenvalue weighted by Gasteiger charge is -2.16. The number of rotatable bonds is 4. The Balaban J connectivity index is 3.14. The third-order valence-electron chi connectivity index (χ3n) is 2.86. The van der Waals surface area contributed by atoms with Gasteiger partial charge in [-0.1, -0.05) is 39.0 Å². The molecule has 14 heavy (non-hydrogen) atoms. The second-order valence-electron chi connectivity index (χ2n) is 3.70. The van der Waals surface area contributed by atoms with Crippen LogP contribution < -0.4 is 4.74 Å². The molecule has 1 atom stereocenters. The van der Waals surface area contributed by atoms with E-state index < -0.39 is 0 Å². The fourth-order valence-electron chi connectivity index (χ4n) is 1.74. The van der Waals surface area contributed by atoms with E-state index in [1.807, 2.05) is 0 Å². The zero-order chi connectivity index (χ0) is 10.6. The first-order valence-electron chi connectivity index (χ1n) is 5.40. The number of benzene rings is 1. The summed E-state index contributed by atoms with van der Waals surface area (Å²) in [5, 5.41) is 0. The second kappa shape index (κ2) is 5.04. The molecule has 1 unspecified atom stereocenters. The van der Waals surface area contributed by atoms with Crippen molar-refractivity contribution >= 4 is 0 Å². The SMILES string of the molecule is CCc1cccc(C(C)CC)c1OC. The maximum atomic E-state index is 5.49. The van der Waals surface area contributed by atoms with Crippen molar-refractivity contribution in [3.05, 3.63) is 29.3 Å². The average molecular weight is 192 g/mol. The molecule has 0 aliphatic carbocycles. The molecular formula is C13H20O. The summed E-state index contributed by atoms with van der Waals surface area (Å²) in [6, 6.07) is 6.44. The molecule has 1 rings (SSSR count). The van der Waals surface area contributed by atoms with Crippen LogP contribution in [0.3, 0.4) is 0 Å². The van der Waals surface area contributed by atoms with Crippen molar-refractivity contribution in [1.29, 1.82) is 0 Å². The Bertz CT molecular complexity index is 291. The first-order valence-corrected chi connectivity index (χ1v) is 5.40. The minimum Gasteiger partial charge on any atom is -0.496 e. The normalized spacial score (nSPS) is 12.6. The van der Waals surface area contributed by atoms with Gasteiger partial charge in [-0.15, -0.1) is 0 Å². The summed E-state index contributed by atoms with van der Waals surface area (Å²) in [4.78, 5) is 0. The quantitative estimate of drug-likeness (QED) is 0.705. The molecule has 0 heterocycles. The molecular weight excluding hydrogens is 172 g/mol. The van der Waals surface area contributed by atoms with E-state index in [9.17, 15) is 0 Å². The first-order chi connectivity index (χ1) is 6.74. The molecule has 78 valence electrons. The zero-order valence-corrected chi connectivity index (χ0v) is 9.63. The smallest absolute Gasteiger partial charge is 0.125 e. The lowest BCUT2D eigenvalue weighted by atomic mass is 9.95. The van der Waals surface area contributed by atoms with Crippen LogP contribution in [0.5, 0.6) is 5.75 Å². The van der Waals surface area contributed by atoms with Crippen LogP contribution in [0.1, 0.15) is 44.2 Å². The van der Waals surface area contributed by atoms with E-state index in [0.717, 1.165) is 18.6 Å². The van der Waals surface area contributed by atoms with Gasteiger partial charge in [0.15, 0.2) is 0 Å². The highest BCUT2D eigenvalue weighted by Crippen LogP contribution is 2.31. The Kier molecular flexibility index (Phi) is 3.99. The van der Waals surface area contributed by atoms with Gasteiger partial charge in [0.2, 0.25) is 0 Å². The second-order valence-corrected chi connectivity index (χ2v) is 3.70. The summed E-state index contributed by atoms with van der Waals surface area (Å²) in [7, 11) is 1.76. The van der Waals surface area contributed by atoms with Crippen molar-refractivity contribution in [2.45, 2.75) is 39.5 Å². The fourth-order valence-corrected chi connectivity index (χ4v) is 1.74. The number of para-hydroxylation sites is 1. The Hall–Kier alpha value is -0.980. The Morgan fingerprint density at radius 1 is 1.29 bits per heavy atom. The topological polar surface area (TPSA) is 9.23 Å². The van der Waals surface area contributed by atoms with Gasteiger partial charge in [-0.05, 0) is 29.9 Å². The molecule has 0 N–H and O–H groups in total. The summed E-state index contributed by atoms with van der Waals surface area (Å²) in [5.41, 5.74) is 2.65. The van der Waals surface area contributed by atoms with Gasteiger partial charge in [-0.2, -0.15) is 0 Å². The van der Waals surface area contributed by atoms with E-state index in [2.05, 4.69) is 39.0 Å². The molecule has 0 saturated carbocycles. The molecule has 0 aliphatic rings. The molecule has 0 saturated heterocycles. The van der Waals surface area contributed by atoms with Gasteiger partial charge >= 0.3 is 0 Å². The predicted octanol–water partition coefficient (Wildman–Crippen LogP) is 3.77. The number of hydrogen-bond donors (Lipinski definition) is 0. The molecule has 0 aromatic heterocycles. The van der Waals surface area contributed by atoms with Crippen LogP contribution in [0, 0.1) is 0 Å². The Morgan fingerprint density at radius 2 is 2.00 bits per heavy atom. The van der Waals surface area contributed by atoms with Crippen molar-refractivity contribution in [3.63, 3.8) is 0 Å². The highest BCUT2D eigenvalue weighted by molar-refractivity contribution is 5.43. The van der Waals surface area contributed by atoms with Gasteiger partial charge in [-0.25, -0.2) is 0 Å². The molecule has 1 nitrogen and oxygen atoms in total. The van der Waals surface area contributed by atoms with Crippen LogP contribution in [0.15, 0.2) is 18.2 Å². The van der Waals surface area contributed by atoms with E-state index in [1.54, 1.807) is 7.11 Å². The molecule has 0 amide bonds. The number of aryl methyl sites for hydroxylation is 1. The van der Waals surface area contributed by atoms with Crippen LogP contribution in [0.25, 0.3) is 0 Å². The molecule has 1 aromatic carbocycles. The van der Waals surface area contributed by atoms with Crippen LogP contribution in [-0.4, -0.2) is 7.11 Å². The van der Waals surface area contributed by atoms with E-state index in [1.165, 1.54) is 11.1 Å². The van der Waals surface area contributed by atoms with Crippen LogP contribution in [-0.2, 0) is 6.42 Å². The van der Waals surface area contributed by atoms with Crippen molar-refractivity contribution < 1.29 is 4.74 Å². The van der Waals surface area contributed by atoms with Gasteiger partial charge in [0.1, 0.15) is 5.75 Å². The van der Waals surface area contributed by atoms with Crippen LogP contribution in [0.2, 0.25) is 0 Å². The minimum absolute atomic E-state index is 0.580. The highest BCUT2D eigenvalue weighted by Gasteiger charge is 2.11. The van der Waals surface area contributed by atoms with Gasteiger partial charge < -0.3 is 4.74 Å². The Labute approximate surface area is 87.1 Å². The molecule has 0 radical (unpaired) electrons. The summed E-state index contributed by atoms with van der Waals surface area (Å²) in [6.07, 6.45) is 2.19. The van der Waals surface area contributed by atoms with Gasteiger partial charge in [0, 0.05) is 0 Å². The zero-order valence-electron chi connectivity index (χ0n) is 9.63. The summed E-state index contributed by atoms with van der Waals surface area (Å²) >= 11 is 0. The van der Waals surface area contributed by atoms with E-state index in [-0.39, 0.29) is 0 Å². The molecule has 0 bridgehead atoms. The molecule has 1 aromatic rings. The molecule has 0 fully saturated rings. The van der Waals surface area contributed by atoms with Crippen molar-refractivity contribution in [2.24, 2.45) is 0 Å². The van der Waals surface area contributed by atoms with Gasteiger partial charge in [-0.3, -0.25) is 0 Å². The summed E-state index contributed by atoms with van der Waals surface area (Å²) in [5.74, 6) is 1.67. The molecule has 0 aliphatic heterocycles. The van der Waals surface area contributed by atoms with Gasteiger partial charge in [0.05, 0.1) is 7.11 Å². The third kappa shape index (κ3) is 2.09. The number of methoxy groups -OCH3 is 1. The maximum Gasteiger partial charge on any atom is 0.125 e. The largest absolute Gasteiger partial charge is 0.496 e. The van der Waals surface area contributed by atoms with Crippen LogP contribution in [0.4, 0.5) is 0 Å². The Morgan fingerprint density at radius 3 is 2.50 bits per heavy atom.